The molecule has 3 saturated heterocycles. The predicted molar refractivity (Wildman–Crippen MR) is 80.2 cm³/mol. The number of rotatable bonds is 1. The molecule has 3 heterocycles. The molecule has 0 aromatic rings. The highest BCUT2D eigenvalue weighted by atomic mass is 16.6. The first-order valence-electron chi connectivity index (χ1n) is 8.22. The zero-order valence-corrected chi connectivity index (χ0v) is 13.5. The molecule has 21 heavy (non-hydrogen) atoms. The van der Waals surface area contributed by atoms with Crippen molar-refractivity contribution in [1.29, 1.82) is 0 Å². The molecule has 0 radical (unpaired) electrons. The highest BCUT2D eigenvalue weighted by Gasteiger charge is 2.44. The second-order valence-electron chi connectivity index (χ2n) is 7.70. The smallest absolute Gasteiger partial charge is 0.410 e. The number of nitrogens with zero attached hydrogens (tertiary/aromatic N) is 2. The number of ether oxygens (including phenoxy) is 2. The zero-order chi connectivity index (χ0) is 15.0. The minimum atomic E-state index is -0.400. The van der Waals surface area contributed by atoms with Crippen LogP contribution in [0.15, 0.2) is 0 Å². The molecule has 0 aromatic carbocycles. The first-order chi connectivity index (χ1) is 9.92. The van der Waals surface area contributed by atoms with Gasteiger partial charge in [0, 0.05) is 45.4 Å². The standard InChI is InChI=1S/C16H28N2O3/c1-16(2,3)21-15(19)18-10-12-8-17(9-13(12)11-18)14-4-6-20-7-5-14/h12-14H,4-11H2,1-3H3/t12-,13+. The van der Waals surface area contributed by atoms with Crippen molar-refractivity contribution in [3.8, 4) is 0 Å². The Morgan fingerprint density at radius 3 is 2.14 bits per heavy atom. The number of fused-ring (bicyclic) bond motifs is 1. The lowest BCUT2D eigenvalue weighted by molar-refractivity contribution is 0.0238. The van der Waals surface area contributed by atoms with Crippen LogP contribution < -0.4 is 0 Å². The first-order valence-corrected chi connectivity index (χ1v) is 8.22. The van der Waals surface area contributed by atoms with E-state index < -0.39 is 5.60 Å². The number of likely N-dealkylation sites (tertiary alicyclic amines) is 2. The van der Waals surface area contributed by atoms with Crippen LogP contribution in [0, 0.1) is 11.8 Å². The SMILES string of the molecule is CC(C)(C)OC(=O)N1C[C@@H]2CN(C3CCOCC3)C[C@@H]2C1. The lowest BCUT2D eigenvalue weighted by Crippen LogP contribution is -2.41. The number of hydrogen-bond acceptors (Lipinski definition) is 4. The normalized spacial score (nSPS) is 31.5. The molecular weight excluding hydrogens is 268 g/mol. The Labute approximate surface area is 127 Å². The van der Waals surface area contributed by atoms with Crippen molar-refractivity contribution < 1.29 is 14.3 Å². The summed E-state index contributed by atoms with van der Waals surface area (Å²) >= 11 is 0. The molecule has 0 unspecified atom stereocenters. The summed E-state index contributed by atoms with van der Waals surface area (Å²) < 4.78 is 10.9. The van der Waals surface area contributed by atoms with Crippen molar-refractivity contribution in [2.45, 2.75) is 45.3 Å². The second-order valence-corrected chi connectivity index (χ2v) is 7.70. The van der Waals surface area contributed by atoms with Crippen LogP contribution in [0.3, 0.4) is 0 Å². The third-order valence-corrected chi connectivity index (χ3v) is 4.87. The summed E-state index contributed by atoms with van der Waals surface area (Å²) in [6.07, 6.45) is 2.18. The van der Waals surface area contributed by atoms with Gasteiger partial charge in [-0.25, -0.2) is 4.79 Å². The fourth-order valence-corrected chi connectivity index (χ4v) is 3.85. The van der Waals surface area contributed by atoms with Gasteiger partial charge in [0.2, 0.25) is 0 Å². The number of hydrogen-bond donors (Lipinski definition) is 0. The highest BCUT2D eigenvalue weighted by Crippen LogP contribution is 2.34. The molecule has 120 valence electrons. The third kappa shape index (κ3) is 3.51. The first kappa shape index (κ1) is 15.1. The summed E-state index contributed by atoms with van der Waals surface area (Å²) in [5.41, 5.74) is -0.400. The van der Waals surface area contributed by atoms with E-state index in [1.807, 2.05) is 25.7 Å². The molecule has 0 N–H and O–H groups in total. The Bertz CT molecular complexity index is 373. The summed E-state index contributed by atoms with van der Waals surface area (Å²) in [4.78, 5) is 16.7. The molecule has 2 atom stereocenters. The predicted octanol–water partition coefficient (Wildman–Crippen LogP) is 1.96. The van der Waals surface area contributed by atoms with Crippen molar-refractivity contribution in [3.05, 3.63) is 0 Å². The maximum atomic E-state index is 12.1. The Balaban J connectivity index is 1.50. The maximum absolute atomic E-state index is 12.1. The van der Waals surface area contributed by atoms with Gasteiger partial charge in [0.1, 0.15) is 5.60 Å². The topological polar surface area (TPSA) is 42.0 Å². The highest BCUT2D eigenvalue weighted by molar-refractivity contribution is 5.68. The van der Waals surface area contributed by atoms with Crippen LogP contribution in [0.4, 0.5) is 4.79 Å². The Morgan fingerprint density at radius 1 is 1.05 bits per heavy atom. The molecule has 3 aliphatic heterocycles. The zero-order valence-electron chi connectivity index (χ0n) is 13.5. The molecule has 1 amide bonds. The van der Waals surface area contributed by atoms with E-state index in [0.29, 0.717) is 17.9 Å². The van der Waals surface area contributed by atoms with E-state index in [-0.39, 0.29) is 6.09 Å². The van der Waals surface area contributed by atoms with Gasteiger partial charge in [-0.1, -0.05) is 0 Å². The Kier molecular flexibility index (Phi) is 4.14. The molecule has 0 saturated carbocycles. The van der Waals surface area contributed by atoms with Crippen LogP contribution in [0.2, 0.25) is 0 Å². The van der Waals surface area contributed by atoms with E-state index in [9.17, 15) is 4.79 Å². The largest absolute Gasteiger partial charge is 0.444 e. The van der Waals surface area contributed by atoms with E-state index in [1.54, 1.807) is 0 Å². The summed E-state index contributed by atoms with van der Waals surface area (Å²) in [6, 6.07) is 0.694. The molecule has 5 heteroatoms. The summed E-state index contributed by atoms with van der Waals surface area (Å²) in [5.74, 6) is 1.25. The fraction of sp³-hybridized carbons (Fsp3) is 0.938. The lowest BCUT2D eigenvalue weighted by Gasteiger charge is -2.32. The van der Waals surface area contributed by atoms with Gasteiger partial charge in [-0.05, 0) is 45.4 Å². The number of amides is 1. The molecule has 0 aliphatic carbocycles. The van der Waals surface area contributed by atoms with Gasteiger partial charge in [0.05, 0.1) is 0 Å². The average molecular weight is 296 g/mol. The molecule has 0 bridgehead atoms. The molecule has 0 spiro atoms. The van der Waals surface area contributed by atoms with Crippen molar-refractivity contribution in [1.82, 2.24) is 9.80 Å². The summed E-state index contributed by atoms with van der Waals surface area (Å²) in [6.45, 7) is 11.6. The second kappa shape index (κ2) is 5.76. The molecular formula is C16H28N2O3. The Morgan fingerprint density at radius 2 is 1.62 bits per heavy atom. The maximum Gasteiger partial charge on any atom is 0.410 e. The van der Waals surface area contributed by atoms with Crippen LogP contribution in [-0.2, 0) is 9.47 Å². The molecule has 0 aromatic heterocycles. The van der Waals surface area contributed by atoms with Crippen LogP contribution in [0.5, 0.6) is 0 Å². The van der Waals surface area contributed by atoms with Crippen LogP contribution >= 0.6 is 0 Å². The summed E-state index contributed by atoms with van der Waals surface area (Å²) in [7, 11) is 0. The van der Waals surface area contributed by atoms with E-state index in [1.165, 1.54) is 0 Å². The van der Waals surface area contributed by atoms with Crippen molar-refractivity contribution in [2.24, 2.45) is 11.8 Å². The monoisotopic (exact) mass is 296 g/mol. The van der Waals surface area contributed by atoms with Gasteiger partial charge in [-0.3, -0.25) is 4.90 Å². The third-order valence-electron chi connectivity index (χ3n) is 4.87. The molecule has 3 rings (SSSR count). The van der Waals surface area contributed by atoms with Gasteiger partial charge in [0.15, 0.2) is 0 Å². The van der Waals surface area contributed by atoms with Gasteiger partial charge in [-0.15, -0.1) is 0 Å². The van der Waals surface area contributed by atoms with Crippen molar-refractivity contribution >= 4 is 6.09 Å². The quantitative estimate of drug-likeness (QED) is 0.742. The van der Waals surface area contributed by atoms with Gasteiger partial charge < -0.3 is 14.4 Å². The minimum absolute atomic E-state index is 0.144. The van der Waals surface area contributed by atoms with Crippen molar-refractivity contribution in [2.75, 3.05) is 39.4 Å². The van der Waals surface area contributed by atoms with E-state index >= 15 is 0 Å². The van der Waals surface area contributed by atoms with E-state index in [2.05, 4.69) is 4.90 Å². The van der Waals surface area contributed by atoms with E-state index in [4.69, 9.17) is 9.47 Å². The lowest BCUT2D eigenvalue weighted by atomic mass is 10.0. The number of carbonyl (C=O) groups is 1. The van der Waals surface area contributed by atoms with E-state index in [0.717, 1.165) is 52.2 Å². The molecule has 3 fully saturated rings. The van der Waals surface area contributed by atoms with Gasteiger partial charge in [0.25, 0.3) is 0 Å². The van der Waals surface area contributed by atoms with Crippen LogP contribution in [0.1, 0.15) is 33.6 Å². The fourth-order valence-electron chi connectivity index (χ4n) is 3.85. The minimum Gasteiger partial charge on any atom is -0.444 e. The Hall–Kier alpha value is -0.810. The van der Waals surface area contributed by atoms with Crippen LogP contribution in [0.25, 0.3) is 0 Å². The van der Waals surface area contributed by atoms with Crippen molar-refractivity contribution in [3.63, 3.8) is 0 Å². The summed E-state index contributed by atoms with van der Waals surface area (Å²) in [5, 5.41) is 0. The number of carbonyl (C=O) groups excluding carboxylic acids is 1. The van der Waals surface area contributed by atoms with Gasteiger partial charge >= 0.3 is 6.09 Å². The van der Waals surface area contributed by atoms with Crippen LogP contribution in [-0.4, -0.2) is 66.9 Å². The van der Waals surface area contributed by atoms with Gasteiger partial charge in [-0.2, -0.15) is 0 Å². The molecule has 3 aliphatic rings. The average Bonchev–Trinajstić information content (AvgIpc) is 2.95. The molecule has 5 nitrogen and oxygen atoms in total.